The normalized spacial score (nSPS) is 10.4. The molecule has 2 N–H and O–H groups in total. The molecule has 0 aliphatic carbocycles. The number of hydrogen-bond donors (Lipinski definition) is 1. The van der Waals surface area contributed by atoms with Gasteiger partial charge in [-0.1, -0.05) is 45.7 Å². The van der Waals surface area contributed by atoms with E-state index in [0.717, 1.165) is 15.6 Å². The van der Waals surface area contributed by atoms with Crippen LogP contribution in [0.25, 0.3) is 0 Å². The van der Waals surface area contributed by atoms with Gasteiger partial charge in [-0.2, -0.15) is 0 Å². The lowest BCUT2D eigenvalue weighted by molar-refractivity contribution is 0.306. The van der Waals surface area contributed by atoms with Gasteiger partial charge in [-0.05, 0) is 35.4 Å². The van der Waals surface area contributed by atoms with Crippen LogP contribution >= 0.6 is 27.5 Å². The Hall–Kier alpha value is -1.03. The lowest BCUT2D eigenvalue weighted by atomic mass is 10.2. The van der Waals surface area contributed by atoms with E-state index in [9.17, 15) is 0 Å². The van der Waals surface area contributed by atoms with E-state index < -0.39 is 0 Å². The van der Waals surface area contributed by atoms with Crippen LogP contribution in [0.5, 0.6) is 5.75 Å². The predicted octanol–water partition coefficient (Wildman–Crippen LogP) is 4.14. The van der Waals surface area contributed by atoms with Gasteiger partial charge in [-0.25, -0.2) is 0 Å². The summed E-state index contributed by atoms with van der Waals surface area (Å²) in [7, 11) is 0. The number of rotatable bonds is 4. The van der Waals surface area contributed by atoms with Crippen molar-refractivity contribution in [2.45, 2.75) is 13.2 Å². The Morgan fingerprint density at radius 3 is 2.33 bits per heavy atom. The first-order valence-electron chi connectivity index (χ1n) is 5.55. The zero-order valence-electron chi connectivity index (χ0n) is 9.70. The van der Waals surface area contributed by atoms with Gasteiger partial charge >= 0.3 is 0 Å². The molecule has 94 valence electrons. The van der Waals surface area contributed by atoms with Crippen molar-refractivity contribution in [1.29, 1.82) is 0 Å². The number of nitrogens with two attached hydrogens (primary N) is 1. The third kappa shape index (κ3) is 3.48. The lowest BCUT2D eigenvalue weighted by Gasteiger charge is -2.09. The SMILES string of the molecule is NCc1ccc(OCc2ccc(Br)cc2)c(Cl)c1. The van der Waals surface area contributed by atoms with Crippen LogP contribution in [0.3, 0.4) is 0 Å². The molecule has 4 heteroatoms. The molecule has 2 aromatic rings. The first kappa shape index (κ1) is 13.4. The molecule has 0 aliphatic heterocycles. The molecule has 0 spiro atoms. The quantitative estimate of drug-likeness (QED) is 0.916. The zero-order chi connectivity index (χ0) is 13.0. The van der Waals surface area contributed by atoms with Gasteiger partial charge < -0.3 is 10.5 Å². The van der Waals surface area contributed by atoms with Crippen molar-refractivity contribution in [3.63, 3.8) is 0 Å². The third-order valence-electron chi connectivity index (χ3n) is 2.54. The summed E-state index contributed by atoms with van der Waals surface area (Å²) >= 11 is 9.51. The van der Waals surface area contributed by atoms with Gasteiger partial charge in [0.15, 0.2) is 0 Å². The lowest BCUT2D eigenvalue weighted by Crippen LogP contribution is -1.98. The summed E-state index contributed by atoms with van der Waals surface area (Å²) in [6.45, 7) is 0.974. The van der Waals surface area contributed by atoms with Gasteiger partial charge in [0.2, 0.25) is 0 Å². The molecule has 0 saturated carbocycles. The number of benzene rings is 2. The van der Waals surface area contributed by atoms with E-state index in [0.29, 0.717) is 23.9 Å². The fourth-order valence-electron chi connectivity index (χ4n) is 1.53. The molecule has 2 aromatic carbocycles. The van der Waals surface area contributed by atoms with E-state index in [1.807, 2.05) is 42.5 Å². The Balaban J connectivity index is 2.04. The smallest absolute Gasteiger partial charge is 0.138 e. The highest BCUT2D eigenvalue weighted by Gasteiger charge is 2.03. The Morgan fingerprint density at radius 2 is 1.72 bits per heavy atom. The molecule has 0 heterocycles. The van der Waals surface area contributed by atoms with Crippen LogP contribution in [0.4, 0.5) is 0 Å². The van der Waals surface area contributed by atoms with Gasteiger partial charge in [0, 0.05) is 11.0 Å². The largest absolute Gasteiger partial charge is 0.487 e. The number of halogens is 2. The highest BCUT2D eigenvalue weighted by Crippen LogP contribution is 2.26. The maximum Gasteiger partial charge on any atom is 0.138 e. The molecular weight excluding hydrogens is 314 g/mol. The summed E-state index contributed by atoms with van der Waals surface area (Å²) in [6.07, 6.45) is 0. The molecule has 0 aliphatic rings. The minimum absolute atomic E-state index is 0.479. The molecule has 0 radical (unpaired) electrons. The van der Waals surface area contributed by atoms with E-state index in [2.05, 4.69) is 15.9 Å². The summed E-state index contributed by atoms with van der Waals surface area (Å²) < 4.78 is 6.73. The molecule has 0 atom stereocenters. The monoisotopic (exact) mass is 325 g/mol. The zero-order valence-corrected chi connectivity index (χ0v) is 12.0. The van der Waals surface area contributed by atoms with Crippen molar-refractivity contribution in [2.24, 2.45) is 5.73 Å². The minimum Gasteiger partial charge on any atom is -0.487 e. The maximum atomic E-state index is 6.11. The van der Waals surface area contributed by atoms with Gasteiger partial charge in [0.1, 0.15) is 12.4 Å². The molecule has 0 aromatic heterocycles. The van der Waals surface area contributed by atoms with Crippen LogP contribution < -0.4 is 10.5 Å². The summed E-state index contributed by atoms with van der Waals surface area (Å²) in [6, 6.07) is 13.6. The molecule has 0 unspecified atom stereocenters. The molecule has 0 saturated heterocycles. The van der Waals surface area contributed by atoms with Crippen molar-refractivity contribution in [1.82, 2.24) is 0 Å². The average Bonchev–Trinajstić information content (AvgIpc) is 2.39. The van der Waals surface area contributed by atoms with Crippen molar-refractivity contribution >= 4 is 27.5 Å². The minimum atomic E-state index is 0.479. The van der Waals surface area contributed by atoms with Crippen molar-refractivity contribution in [3.05, 3.63) is 63.1 Å². The fraction of sp³-hybridized carbons (Fsp3) is 0.143. The van der Waals surface area contributed by atoms with Gasteiger partial charge in [-0.15, -0.1) is 0 Å². The van der Waals surface area contributed by atoms with Crippen LogP contribution in [0, 0.1) is 0 Å². The molecule has 18 heavy (non-hydrogen) atoms. The van der Waals surface area contributed by atoms with E-state index in [-0.39, 0.29) is 0 Å². The van der Waals surface area contributed by atoms with E-state index in [4.69, 9.17) is 22.1 Å². The standard InChI is InChI=1S/C14H13BrClNO/c15-12-4-1-10(2-5-12)9-18-14-6-3-11(8-17)7-13(14)16/h1-7H,8-9,17H2. The van der Waals surface area contributed by atoms with Crippen LogP contribution in [-0.4, -0.2) is 0 Å². The van der Waals surface area contributed by atoms with Crippen molar-refractivity contribution in [3.8, 4) is 5.75 Å². The fourth-order valence-corrected chi connectivity index (χ4v) is 2.05. The second-order valence-electron chi connectivity index (χ2n) is 3.88. The van der Waals surface area contributed by atoms with Gasteiger partial charge in [0.05, 0.1) is 5.02 Å². The second kappa shape index (κ2) is 6.23. The molecule has 0 fully saturated rings. The van der Waals surface area contributed by atoms with Crippen LogP contribution in [-0.2, 0) is 13.2 Å². The Labute approximate surface area is 120 Å². The maximum absolute atomic E-state index is 6.11. The van der Waals surface area contributed by atoms with Crippen LogP contribution in [0.2, 0.25) is 5.02 Å². The highest BCUT2D eigenvalue weighted by atomic mass is 79.9. The topological polar surface area (TPSA) is 35.2 Å². The summed E-state index contributed by atoms with van der Waals surface area (Å²) in [4.78, 5) is 0. The van der Waals surface area contributed by atoms with Crippen LogP contribution in [0.1, 0.15) is 11.1 Å². The Kier molecular flexibility index (Phi) is 4.64. The van der Waals surface area contributed by atoms with Crippen molar-refractivity contribution in [2.75, 3.05) is 0 Å². The van der Waals surface area contributed by atoms with Gasteiger partial charge in [-0.3, -0.25) is 0 Å². The summed E-state index contributed by atoms with van der Waals surface area (Å²) in [5.41, 5.74) is 7.63. The van der Waals surface area contributed by atoms with E-state index in [1.54, 1.807) is 0 Å². The first-order chi connectivity index (χ1) is 8.69. The predicted molar refractivity (Wildman–Crippen MR) is 77.8 cm³/mol. The molecule has 2 nitrogen and oxygen atoms in total. The second-order valence-corrected chi connectivity index (χ2v) is 5.21. The highest BCUT2D eigenvalue weighted by molar-refractivity contribution is 9.10. The van der Waals surface area contributed by atoms with Crippen LogP contribution in [0.15, 0.2) is 46.9 Å². The molecule has 0 amide bonds. The Morgan fingerprint density at radius 1 is 1.06 bits per heavy atom. The van der Waals surface area contributed by atoms with Gasteiger partial charge in [0.25, 0.3) is 0 Å². The Bertz CT molecular complexity index is 528. The molecule has 0 bridgehead atoms. The van der Waals surface area contributed by atoms with Crippen molar-refractivity contribution < 1.29 is 4.74 Å². The number of hydrogen-bond acceptors (Lipinski definition) is 2. The first-order valence-corrected chi connectivity index (χ1v) is 6.72. The third-order valence-corrected chi connectivity index (χ3v) is 3.36. The number of ether oxygens (including phenoxy) is 1. The van der Waals surface area contributed by atoms with E-state index >= 15 is 0 Å². The molecule has 2 rings (SSSR count). The molecular formula is C14H13BrClNO. The average molecular weight is 327 g/mol. The summed E-state index contributed by atoms with van der Waals surface area (Å²) in [5, 5.41) is 0.593. The van der Waals surface area contributed by atoms with E-state index in [1.165, 1.54) is 0 Å². The summed E-state index contributed by atoms with van der Waals surface area (Å²) in [5.74, 6) is 0.678.